The molecular formula is C12H18F3NO5S. The average Bonchev–Trinajstić information content (AvgIpc) is 2.23. The van der Waals surface area contributed by atoms with E-state index in [4.69, 9.17) is 4.74 Å². The summed E-state index contributed by atoms with van der Waals surface area (Å²) in [4.78, 5) is 13.2. The van der Waals surface area contributed by atoms with Crippen LogP contribution >= 0.6 is 0 Å². The molecule has 0 radical (unpaired) electrons. The van der Waals surface area contributed by atoms with E-state index in [1.165, 1.54) is 11.8 Å². The molecule has 0 N–H and O–H groups in total. The number of alkyl halides is 3. The Morgan fingerprint density at radius 2 is 1.86 bits per heavy atom. The highest BCUT2D eigenvalue weighted by Gasteiger charge is 2.49. The van der Waals surface area contributed by atoms with E-state index in [-0.39, 0.29) is 18.7 Å². The predicted octanol–water partition coefficient (Wildman–Crippen LogP) is 2.77. The van der Waals surface area contributed by atoms with Gasteiger partial charge in [-0.2, -0.15) is 21.6 Å². The molecule has 1 aliphatic rings. The molecular weight excluding hydrogens is 327 g/mol. The zero-order valence-electron chi connectivity index (χ0n) is 12.6. The number of halogens is 3. The van der Waals surface area contributed by atoms with Crippen LogP contribution < -0.4 is 0 Å². The van der Waals surface area contributed by atoms with Gasteiger partial charge in [-0.25, -0.2) is 4.79 Å². The van der Waals surface area contributed by atoms with E-state index in [1.54, 1.807) is 20.8 Å². The minimum absolute atomic E-state index is 0.00467. The number of carbonyl (C=O) groups excluding carboxylic acids is 1. The van der Waals surface area contributed by atoms with E-state index in [0.717, 1.165) is 6.08 Å². The van der Waals surface area contributed by atoms with E-state index >= 15 is 0 Å². The first-order valence-corrected chi connectivity index (χ1v) is 7.85. The highest BCUT2D eigenvalue weighted by atomic mass is 32.2. The Morgan fingerprint density at radius 3 is 2.27 bits per heavy atom. The van der Waals surface area contributed by atoms with Crippen LogP contribution in [0, 0.1) is 0 Å². The minimum atomic E-state index is -5.69. The van der Waals surface area contributed by atoms with Gasteiger partial charge in [-0.3, -0.25) is 0 Å². The molecule has 1 unspecified atom stereocenters. The van der Waals surface area contributed by atoms with Gasteiger partial charge in [0.25, 0.3) is 0 Å². The number of amides is 1. The highest BCUT2D eigenvalue weighted by Crippen LogP contribution is 2.29. The number of ether oxygens (including phenoxy) is 1. The Kier molecular flexibility index (Phi) is 5.05. The smallest absolute Gasteiger partial charge is 0.444 e. The van der Waals surface area contributed by atoms with Crippen molar-refractivity contribution in [3.05, 3.63) is 11.8 Å². The molecule has 0 aromatic carbocycles. The lowest BCUT2D eigenvalue weighted by molar-refractivity contribution is -0.0526. The molecule has 0 aromatic heterocycles. The van der Waals surface area contributed by atoms with E-state index in [2.05, 4.69) is 4.18 Å². The molecule has 0 spiro atoms. The lowest BCUT2D eigenvalue weighted by Crippen LogP contribution is -2.44. The average molecular weight is 345 g/mol. The van der Waals surface area contributed by atoms with Crippen molar-refractivity contribution in [2.45, 2.75) is 51.3 Å². The first-order chi connectivity index (χ1) is 9.73. The van der Waals surface area contributed by atoms with Crippen molar-refractivity contribution in [3.8, 4) is 0 Å². The van der Waals surface area contributed by atoms with Gasteiger partial charge in [0.2, 0.25) is 0 Å². The van der Waals surface area contributed by atoms with Crippen molar-refractivity contribution in [3.63, 3.8) is 0 Å². The Bertz CT molecular complexity index is 562. The quantitative estimate of drug-likeness (QED) is 0.568. The molecule has 10 heteroatoms. The maximum Gasteiger partial charge on any atom is 0.534 e. The molecule has 0 bridgehead atoms. The number of nitrogens with zero attached hydrogens (tertiary/aromatic N) is 1. The molecule has 0 aromatic rings. The fourth-order valence-electron chi connectivity index (χ4n) is 1.71. The van der Waals surface area contributed by atoms with Crippen molar-refractivity contribution >= 4 is 16.2 Å². The molecule has 1 heterocycles. The zero-order chi connectivity index (χ0) is 17.3. The Hall–Kier alpha value is -1.45. The summed E-state index contributed by atoms with van der Waals surface area (Å²) < 4.78 is 67.9. The third-order valence-corrected chi connectivity index (χ3v) is 3.65. The van der Waals surface area contributed by atoms with Gasteiger partial charge < -0.3 is 13.8 Å². The molecule has 128 valence electrons. The van der Waals surface area contributed by atoms with Gasteiger partial charge >= 0.3 is 21.7 Å². The van der Waals surface area contributed by atoms with Crippen molar-refractivity contribution in [1.29, 1.82) is 0 Å². The third-order valence-electron chi connectivity index (χ3n) is 2.65. The van der Waals surface area contributed by atoms with Gasteiger partial charge in [0, 0.05) is 13.0 Å². The van der Waals surface area contributed by atoms with Crippen molar-refractivity contribution in [2.24, 2.45) is 0 Å². The fourth-order valence-corrected chi connectivity index (χ4v) is 2.23. The first-order valence-electron chi connectivity index (χ1n) is 6.44. The van der Waals surface area contributed by atoms with Gasteiger partial charge in [-0.1, -0.05) is 0 Å². The number of hydrogen-bond acceptors (Lipinski definition) is 5. The summed E-state index contributed by atoms with van der Waals surface area (Å²) in [5.41, 5.74) is -6.20. The summed E-state index contributed by atoms with van der Waals surface area (Å²) in [6.07, 6.45) is 0.365. The van der Waals surface area contributed by atoms with Crippen LogP contribution in [0.3, 0.4) is 0 Å². The minimum Gasteiger partial charge on any atom is -0.444 e. The summed E-state index contributed by atoms with van der Waals surface area (Å²) in [5.74, 6) is -0.343. The number of hydrogen-bond donors (Lipinski definition) is 0. The second-order valence-electron chi connectivity index (χ2n) is 5.78. The molecule has 6 nitrogen and oxygen atoms in total. The summed E-state index contributed by atoms with van der Waals surface area (Å²) in [6, 6.07) is -0.651. The Labute approximate surface area is 127 Å². The summed E-state index contributed by atoms with van der Waals surface area (Å²) in [5, 5.41) is 0. The van der Waals surface area contributed by atoms with Crippen LogP contribution in [0.2, 0.25) is 0 Å². The van der Waals surface area contributed by atoms with Gasteiger partial charge in [0.15, 0.2) is 0 Å². The molecule has 0 aliphatic carbocycles. The Morgan fingerprint density at radius 1 is 1.32 bits per heavy atom. The molecule has 1 aliphatic heterocycles. The zero-order valence-corrected chi connectivity index (χ0v) is 13.4. The van der Waals surface area contributed by atoms with Gasteiger partial charge in [-0.05, 0) is 33.8 Å². The van der Waals surface area contributed by atoms with Crippen LogP contribution in [-0.2, 0) is 19.0 Å². The van der Waals surface area contributed by atoms with Crippen LogP contribution in [0.4, 0.5) is 18.0 Å². The fraction of sp³-hybridized carbons (Fsp3) is 0.750. The van der Waals surface area contributed by atoms with Crippen molar-refractivity contribution < 1.29 is 35.3 Å². The van der Waals surface area contributed by atoms with E-state index < -0.39 is 33.4 Å². The Balaban J connectivity index is 2.80. The monoisotopic (exact) mass is 345 g/mol. The van der Waals surface area contributed by atoms with Crippen LogP contribution in [0.5, 0.6) is 0 Å². The van der Waals surface area contributed by atoms with E-state index in [1.807, 2.05) is 0 Å². The molecule has 22 heavy (non-hydrogen) atoms. The molecule has 0 saturated carbocycles. The topological polar surface area (TPSA) is 72.9 Å². The van der Waals surface area contributed by atoms with Gasteiger partial charge in [-0.15, -0.1) is 0 Å². The largest absolute Gasteiger partial charge is 0.534 e. The molecule has 0 fully saturated rings. The van der Waals surface area contributed by atoms with Crippen molar-refractivity contribution in [2.75, 3.05) is 6.54 Å². The number of carbonyl (C=O) groups is 1. The summed E-state index contributed by atoms with van der Waals surface area (Å²) in [6.45, 7) is 6.56. The standard InChI is InChI=1S/C12H18F3NO5S/c1-8-7-9(21-22(18,19)12(13,14)15)5-6-16(8)10(17)20-11(2,3)4/h7-8H,5-6H2,1-4H3. The number of rotatable bonds is 2. The van der Waals surface area contributed by atoms with Crippen molar-refractivity contribution in [1.82, 2.24) is 4.90 Å². The second kappa shape index (κ2) is 5.98. The normalized spacial score (nSPS) is 20.4. The maximum atomic E-state index is 12.3. The lowest BCUT2D eigenvalue weighted by atomic mass is 10.1. The van der Waals surface area contributed by atoms with Gasteiger partial charge in [0.1, 0.15) is 11.4 Å². The van der Waals surface area contributed by atoms with Crippen LogP contribution in [-0.4, -0.2) is 43.1 Å². The third kappa shape index (κ3) is 4.79. The van der Waals surface area contributed by atoms with Crippen LogP contribution in [0.25, 0.3) is 0 Å². The molecule has 1 atom stereocenters. The molecule has 1 rings (SSSR count). The van der Waals surface area contributed by atoms with E-state index in [0.29, 0.717) is 0 Å². The van der Waals surface area contributed by atoms with Crippen LogP contribution in [0.15, 0.2) is 11.8 Å². The summed E-state index contributed by atoms with van der Waals surface area (Å²) in [7, 11) is -5.69. The lowest BCUT2D eigenvalue weighted by Gasteiger charge is -2.33. The first kappa shape index (κ1) is 18.6. The van der Waals surface area contributed by atoms with Gasteiger partial charge in [0.05, 0.1) is 6.04 Å². The SMILES string of the molecule is CC1C=C(OS(=O)(=O)C(F)(F)F)CCN1C(=O)OC(C)(C)C. The maximum absolute atomic E-state index is 12.3. The molecule has 0 saturated heterocycles. The predicted molar refractivity (Wildman–Crippen MR) is 71.2 cm³/mol. The van der Waals surface area contributed by atoms with E-state index in [9.17, 15) is 26.4 Å². The van der Waals surface area contributed by atoms with Crippen LogP contribution in [0.1, 0.15) is 34.1 Å². The highest BCUT2D eigenvalue weighted by molar-refractivity contribution is 7.87. The summed E-state index contributed by atoms with van der Waals surface area (Å²) >= 11 is 0. The second-order valence-corrected chi connectivity index (χ2v) is 7.32. The molecule has 1 amide bonds.